The van der Waals surface area contributed by atoms with Crippen molar-refractivity contribution in [2.24, 2.45) is 0 Å². The number of nitriles is 1. The minimum atomic E-state index is -0.705. The summed E-state index contributed by atoms with van der Waals surface area (Å²) in [5.41, 5.74) is 1.87. The van der Waals surface area contributed by atoms with Crippen LogP contribution >= 0.6 is 0 Å². The highest BCUT2D eigenvalue weighted by atomic mass is 19.1. The Labute approximate surface area is 115 Å². The molecule has 0 radical (unpaired) electrons. The Hall–Kier alpha value is -2.48. The Morgan fingerprint density at radius 3 is 2.55 bits per heavy atom. The van der Waals surface area contributed by atoms with Crippen molar-refractivity contribution in [1.82, 2.24) is 4.98 Å². The topological polar surface area (TPSA) is 48.7 Å². The Bertz CT molecular complexity index is 718. The van der Waals surface area contributed by atoms with Crippen molar-refractivity contribution in [3.05, 3.63) is 52.3 Å². The lowest BCUT2D eigenvalue weighted by molar-refractivity contribution is 0.585. The zero-order chi connectivity index (χ0) is 14.9. The number of hydrogen-bond acceptors (Lipinski definition) is 3. The molecule has 5 heteroatoms. The summed E-state index contributed by atoms with van der Waals surface area (Å²) in [5.74, 6) is -1.37. The molecule has 0 aliphatic rings. The largest absolute Gasteiger partial charge is 0.350 e. The van der Waals surface area contributed by atoms with Gasteiger partial charge in [0.1, 0.15) is 17.6 Å². The first-order valence-electron chi connectivity index (χ1n) is 6.04. The molecule has 20 heavy (non-hydrogen) atoms. The number of nitrogens with one attached hydrogen (secondary N) is 1. The summed E-state index contributed by atoms with van der Waals surface area (Å²) >= 11 is 0. The number of hydrogen-bond donors (Lipinski definition) is 1. The van der Waals surface area contributed by atoms with Crippen LogP contribution in [0.15, 0.2) is 18.2 Å². The Kier molecular flexibility index (Phi) is 3.66. The predicted molar refractivity (Wildman–Crippen MR) is 72.8 cm³/mol. The number of aromatic nitrogens is 1. The molecule has 0 bridgehead atoms. The molecule has 1 aromatic heterocycles. The van der Waals surface area contributed by atoms with Crippen LogP contribution < -0.4 is 5.32 Å². The first-order chi connectivity index (χ1) is 9.43. The van der Waals surface area contributed by atoms with Crippen molar-refractivity contribution >= 4 is 11.4 Å². The third-order valence-electron chi connectivity index (χ3n) is 2.98. The van der Waals surface area contributed by atoms with E-state index in [4.69, 9.17) is 5.26 Å². The van der Waals surface area contributed by atoms with Crippen molar-refractivity contribution in [2.45, 2.75) is 20.8 Å². The third-order valence-corrected chi connectivity index (χ3v) is 2.98. The summed E-state index contributed by atoms with van der Waals surface area (Å²) in [6.45, 7) is 4.98. The molecule has 1 aromatic carbocycles. The second kappa shape index (κ2) is 5.25. The van der Waals surface area contributed by atoms with Gasteiger partial charge in [0.15, 0.2) is 5.82 Å². The highest BCUT2D eigenvalue weighted by Crippen LogP contribution is 2.28. The zero-order valence-electron chi connectivity index (χ0n) is 11.4. The molecule has 0 unspecified atom stereocenters. The van der Waals surface area contributed by atoms with Gasteiger partial charge in [0.25, 0.3) is 0 Å². The van der Waals surface area contributed by atoms with Crippen LogP contribution in [-0.2, 0) is 0 Å². The molecule has 1 heterocycles. The number of aryl methyl sites for hydroxylation is 3. The lowest BCUT2D eigenvalue weighted by Gasteiger charge is -2.13. The van der Waals surface area contributed by atoms with Crippen molar-refractivity contribution < 1.29 is 8.78 Å². The van der Waals surface area contributed by atoms with E-state index in [-0.39, 0.29) is 11.3 Å². The van der Waals surface area contributed by atoms with E-state index in [0.717, 1.165) is 0 Å². The fourth-order valence-electron chi connectivity index (χ4n) is 1.97. The summed E-state index contributed by atoms with van der Waals surface area (Å²) in [6, 6.07) is 6.14. The fourth-order valence-corrected chi connectivity index (χ4v) is 1.97. The van der Waals surface area contributed by atoms with E-state index in [9.17, 15) is 8.78 Å². The maximum absolute atomic E-state index is 14.0. The lowest BCUT2D eigenvalue weighted by atomic mass is 10.1. The molecule has 3 nitrogen and oxygen atoms in total. The quantitative estimate of drug-likeness (QED) is 0.902. The molecular weight excluding hydrogens is 260 g/mol. The summed E-state index contributed by atoms with van der Waals surface area (Å²) in [6.07, 6.45) is 0. The Morgan fingerprint density at radius 2 is 1.90 bits per heavy atom. The molecule has 0 saturated carbocycles. The van der Waals surface area contributed by atoms with Gasteiger partial charge in [0, 0.05) is 5.69 Å². The van der Waals surface area contributed by atoms with Crippen molar-refractivity contribution in [3.63, 3.8) is 0 Å². The maximum Gasteiger partial charge on any atom is 0.152 e. The van der Waals surface area contributed by atoms with Crippen LogP contribution in [0.3, 0.4) is 0 Å². The number of rotatable bonds is 2. The second-order valence-corrected chi connectivity index (χ2v) is 4.56. The number of nitrogens with zero attached hydrogens (tertiary/aromatic N) is 2. The van der Waals surface area contributed by atoms with E-state index >= 15 is 0 Å². The van der Waals surface area contributed by atoms with Gasteiger partial charge in [0.05, 0.1) is 16.9 Å². The molecule has 0 atom stereocenters. The van der Waals surface area contributed by atoms with Gasteiger partial charge in [0.2, 0.25) is 0 Å². The molecule has 2 aromatic rings. The normalized spacial score (nSPS) is 10.2. The third kappa shape index (κ3) is 2.45. The number of pyridine rings is 1. The van der Waals surface area contributed by atoms with Crippen LogP contribution in [-0.4, -0.2) is 4.98 Å². The van der Waals surface area contributed by atoms with Crippen molar-refractivity contribution in [1.29, 1.82) is 5.26 Å². The molecule has 2 rings (SSSR count). The van der Waals surface area contributed by atoms with E-state index in [1.807, 2.05) is 6.07 Å². The number of benzene rings is 1. The van der Waals surface area contributed by atoms with Gasteiger partial charge < -0.3 is 5.32 Å². The molecule has 0 spiro atoms. The molecule has 0 saturated heterocycles. The lowest BCUT2D eigenvalue weighted by Crippen LogP contribution is -2.03. The standard InChI is InChI=1S/C15H13F2N3/c1-8-4-5-12(16)15(14(8)17)20-13-6-9(2)19-10(3)11(13)7-18/h4-6H,1-3H3,(H,19,20). The maximum atomic E-state index is 14.0. The highest BCUT2D eigenvalue weighted by molar-refractivity contribution is 5.69. The molecule has 0 aliphatic carbocycles. The van der Waals surface area contributed by atoms with E-state index in [2.05, 4.69) is 10.3 Å². The van der Waals surface area contributed by atoms with Crippen molar-refractivity contribution in [2.75, 3.05) is 5.32 Å². The van der Waals surface area contributed by atoms with Gasteiger partial charge >= 0.3 is 0 Å². The summed E-state index contributed by atoms with van der Waals surface area (Å²) < 4.78 is 27.7. The number of halogens is 2. The average Bonchev–Trinajstić information content (AvgIpc) is 2.39. The van der Waals surface area contributed by atoms with Crippen LogP contribution in [0.25, 0.3) is 0 Å². The van der Waals surface area contributed by atoms with Gasteiger partial charge in [-0.25, -0.2) is 8.78 Å². The van der Waals surface area contributed by atoms with Crippen LogP contribution in [0.4, 0.5) is 20.2 Å². The minimum Gasteiger partial charge on any atom is -0.350 e. The van der Waals surface area contributed by atoms with Gasteiger partial charge in [-0.15, -0.1) is 0 Å². The Balaban J connectivity index is 2.57. The Morgan fingerprint density at radius 1 is 1.20 bits per heavy atom. The smallest absolute Gasteiger partial charge is 0.152 e. The molecule has 0 amide bonds. The molecular formula is C15H13F2N3. The zero-order valence-corrected chi connectivity index (χ0v) is 11.4. The summed E-state index contributed by atoms with van der Waals surface area (Å²) in [4.78, 5) is 4.16. The SMILES string of the molecule is Cc1cc(Nc2c(F)ccc(C)c2F)c(C#N)c(C)n1. The van der Waals surface area contributed by atoms with Crippen LogP contribution in [0.2, 0.25) is 0 Å². The minimum absolute atomic E-state index is 0.258. The molecule has 0 fully saturated rings. The summed E-state index contributed by atoms with van der Waals surface area (Å²) in [5, 5.41) is 11.8. The molecule has 1 N–H and O–H groups in total. The van der Waals surface area contributed by atoms with Gasteiger partial charge in [-0.1, -0.05) is 6.07 Å². The van der Waals surface area contributed by atoms with Gasteiger partial charge in [-0.05, 0) is 38.5 Å². The second-order valence-electron chi connectivity index (χ2n) is 4.56. The van der Waals surface area contributed by atoms with E-state index < -0.39 is 11.6 Å². The van der Waals surface area contributed by atoms with E-state index in [1.54, 1.807) is 26.8 Å². The van der Waals surface area contributed by atoms with E-state index in [0.29, 0.717) is 22.6 Å². The average molecular weight is 273 g/mol. The first-order valence-corrected chi connectivity index (χ1v) is 6.04. The summed E-state index contributed by atoms with van der Waals surface area (Å²) in [7, 11) is 0. The van der Waals surface area contributed by atoms with Crippen molar-refractivity contribution in [3.8, 4) is 6.07 Å². The predicted octanol–water partition coefficient (Wildman–Crippen LogP) is 3.90. The highest BCUT2D eigenvalue weighted by Gasteiger charge is 2.15. The van der Waals surface area contributed by atoms with Crippen LogP contribution in [0.5, 0.6) is 0 Å². The molecule has 102 valence electrons. The van der Waals surface area contributed by atoms with Gasteiger partial charge in [-0.2, -0.15) is 5.26 Å². The van der Waals surface area contributed by atoms with Gasteiger partial charge in [-0.3, -0.25) is 4.98 Å². The molecule has 0 aliphatic heterocycles. The van der Waals surface area contributed by atoms with Crippen LogP contribution in [0, 0.1) is 43.7 Å². The monoisotopic (exact) mass is 273 g/mol. The fraction of sp³-hybridized carbons (Fsp3) is 0.200. The van der Waals surface area contributed by atoms with Crippen LogP contribution in [0.1, 0.15) is 22.5 Å². The first kappa shape index (κ1) is 13.9. The number of anilines is 2. The van der Waals surface area contributed by atoms with E-state index in [1.165, 1.54) is 12.1 Å².